The number of carbonyl (C=O) groups is 1. The molecule has 2 nitrogen and oxygen atoms in total. The third-order valence-electron chi connectivity index (χ3n) is 2.18. The number of allylic oxidation sites excluding steroid dienone is 1. The van der Waals surface area contributed by atoms with E-state index in [-0.39, 0.29) is 0 Å². The number of carboxylic acid groups (broad SMARTS) is 1. The van der Waals surface area contributed by atoms with Crippen LogP contribution in [0.5, 0.6) is 0 Å². The van der Waals surface area contributed by atoms with Gasteiger partial charge in [0.2, 0.25) is 0 Å². The second kappa shape index (κ2) is 4.61. The van der Waals surface area contributed by atoms with E-state index in [1.54, 1.807) is 6.08 Å². The van der Waals surface area contributed by atoms with E-state index in [0.717, 1.165) is 11.1 Å². The van der Waals surface area contributed by atoms with E-state index in [1.807, 2.05) is 31.2 Å². The Balaban J connectivity index is 2.93. The topological polar surface area (TPSA) is 37.3 Å². The quantitative estimate of drug-likeness (QED) is 0.741. The molecule has 0 heterocycles. The molecule has 0 amide bonds. The predicted molar refractivity (Wildman–Crippen MR) is 56.4 cm³/mol. The molecule has 1 aromatic carbocycles. The van der Waals surface area contributed by atoms with Crippen molar-refractivity contribution >= 4 is 5.97 Å². The highest BCUT2D eigenvalue weighted by Gasteiger charge is 2.17. The maximum atomic E-state index is 10.9. The lowest BCUT2D eigenvalue weighted by molar-refractivity contribution is -0.138. The minimum absolute atomic E-state index is 0.465. The molecule has 2 heteroatoms. The van der Waals surface area contributed by atoms with Gasteiger partial charge in [-0.15, -0.1) is 6.58 Å². The normalized spacial score (nSPS) is 12.1. The molecule has 0 saturated carbocycles. The molecule has 0 radical (unpaired) electrons. The Kier molecular flexibility index (Phi) is 3.46. The maximum Gasteiger partial charge on any atom is 0.311 e. The van der Waals surface area contributed by atoms with E-state index < -0.39 is 11.9 Å². The fourth-order valence-corrected chi connectivity index (χ4v) is 1.34. The minimum atomic E-state index is -0.797. The number of carboxylic acids is 1. The molecule has 1 aromatic rings. The molecule has 0 aliphatic rings. The van der Waals surface area contributed by atoms with Crippen molar-refractivity contribution in [1.82, 2.24) is 0 Å². The Hall–Kier alpha value is -1.57. The van der Waals surface area contributed by atoms with Gasteiger partial charge in [-0.3, -0.25) is 4.79 Å². The van der Waals surface area contributed by atoms with E-state index in [1.165, 1.54) is 0 Å². The number of rotatable bonds is 4. The third-order valence-corrected chi connectivity index (χ3v) is 2.18. The SMILES string of the molecule is C=CCC(C(=O)O)c1ccc(C)cc1. The Labute approximate surface area is 83.9 Å². The molecule has 1 unspecified atom stereocenters. The summed E-state index contributed by atoms with van der Waals surface area (Å²) in [4.78, 5) is 10.9. The van der Waals surface area contributed by atoms with Gasteiger partial charge in [-0.1, -0.05) is 35.9 Å². The molecule has 0 spiro atoms. The summed E-state index contributed by atoms with van der Waals surface area (Å²) in [7, 11) is 0. The van der Waals surface area contributed by atoms with Gasteiger partial charge >= 0.3 is 5.97 Å². The number of benzene rings is 1. The number of aliphatic carboxylic acids is 1. The van der Waals surface area contributed by atoms with E-state index in [0.29, 0.717) is 6.42 Å². The Morgan fingerprint density at radius 1 is 1.50 bits per heavy atom. The van der Waals surface area contributed by atoms with Crippen LogP contribution in [0.25, 0.3) is 0 Å². The van der Waals surface area contributed by atoms with Crippen LogP contribution in [0.15, 0.2) is 36.9 Å². The molecule has 1 rings (SSSR count). The lowest BCUT2D eigenvalue weighted by atomic mass is 9.95. The van der Waals surface area contributed by atoms with Crippen LogP contribution in [-0.4, -0.2) is 11.1 Å². The lowest BCUT2D eigenvalue weighted by Gasteiger charge is -2.10. The highest BCUT2D eigenvalue weighted by molar-refractivity contribution is 5.76. The van der Waals surface area contributed by atoms with Gasteiger partial charge in [0.1, 0.15) is 0 Å². The summed E-state index contributed by atoms with van der Waals surface area (Å²) < 4.78 is 0. The Morgan fingerprint density at radius 2 is 2.07 bits per heavy atom. The van der Waals surface area contributed by atoms with Crippen molar-refractivity contribution in [3.63, 3.8) is 0 Å². The van der Waals surface area contributed by atoms with Crippen LogP contribution in [0.2, 0.25) is 0 Å². The second-order valence-electron chi connectivity index (χ2n) is 3.33. The first-order valence-corrected chi connectivity index (χ1v) is 4.55. The highest BCUT2D eigenvalue weighted by Crippen LogP contribution is 2.20. The average Bonchev–Trinajstić information content (AvgIpc) is 2.15. The summed E-state index contributed by atoms with van der Waals surface area (Å²) in [5.41, 5.74) is 1.97. The average molecular weight is 190 g/mol. The molecule has 0 aromatic heterocycles. The van der Waals surface area contributed by atoms with Crippen molar-refractivity contribution in [2.45, 2.75) is 19.3 Å². The zero-order valence-electron chi connectivity index (χ0n) is 8.23. The zero-order valence-corrected chi connectivity index (χ0v) is 8.23. The third kappa shape index (κ3) is 2.46. The van der Waals surface area contributed by atoms with Crippen LogP contribution < -0.4 is 0 Å². The summed E-state index contributed by atoms with van der Waals surface area (Å²) in [6.07, 6.45) is 2.11. The smallest absolute Gasteiger partial charge is 0.311 e. The van der Waals surface area contributed by atoms with Gasteiger partial charge < -0.3 is 5.11 Å². The molecular weight excluding hydrogens is 176 g/mol. The van der Waals surface area contributed by atoms with Gasteiger partial charge in [-0.2, -0.15) is 0 Å². The van der Waals surface area contributed by atoms with Gasteiger partial charge in [0.25, 0.3) is 0 Å². The number of hydrogen-bond donors (Lipinski definition) is 1. The van der Waals surface area contributed by atoms with Gasteiger partial charge in [-0.05, 0) is 18.9 Å². The van der Waals surface area contributed by atoms with Crippen molar-refractivity contribution in [2.75, 3.05) is 0 Å². The monoisotopic (exact) mass is 190 g/mol. The summed E-state index contributed by atoms with van der Waals surface area (Å²) in [6.45, 7) is 5.54. The van der Waals surface area contributed by atoms with Crippen molar-refractivity contribution in [2.24, 2.45) is 0 Å². The van der Waals surface area contributed by atoms with Crippen LogP contribution in [0.3, 0.4) is 0 Å². The molecule has 1 atom stereocenters. The summed E-state index contributed by atoms with van der Waals surface area (Å²) in [6, 6.07) is 7.57. The molecule has 74 valence electrons. The van der Waals surface area contributed by atoms with Crippen molar-refractivity contribution in [1.29, 1.82) is 0 Å². The summed E-state index contributed by atoms with van der Waals surface area (Å²) >= 11 is 0. The first-order chi connectivity index (χ1) is 6.65. The molecule has 0 bridgehead atoms. The Morgan fingerprint density at radius 3 is 2.50 bits per heavy atom. The van der Waals surface area contributed by atoms with E-state index >= 15 is 0 Å². The highest BCUT2D eigenvalue weighted by atomic mass is 16.4. The minimum Gasteiger partial charge on any atom is -0.481 e. The fraction of sp³-hybridized carbons (Fsp3) is 0.250. The van der Waals surface area contributed by atoms with Crippen LogP contribution in [0, 0.1) is 6.92 Å². The zero-order chi connectivity index (χ0) is 10.6. The molecule has 1 N–H and O–H groups in total. The predicted octanol–water partition coefficient (Wildman–Crippen LogP) is 2.74. The van der Waals surface area contributed by atoms with Crippen molar-refractivity contribution in [3.05, 3.63) is 48.0 Å². The molecule has 0 fully saturated rings. The molecule has 0 aliphatic heterocycles. The fourth-order valence-electron chi connectivity index (χ4n) is 1.34. The summed E-state index contributed by atoms with van der Waals surface area (Å²) in [5, 5.41) is 8.98. The molecule has 0 saturated heterocycles. The van der Waals surface area contributed by atoms with Crippen LogP contribution >= 0.6 is 0 Å². The molecule has 0 aliphatic carbocycles. The van der Waals surface area contributed by atoms with Crippen molar-refractivity contribution < 1.29 is 9.90 Å². The van der Waals surface area contributed by atoms with E-state index in [4.69, 9.17) is 5.11 Å². The van der Waals surface area contributed by atoms with Gasteiger partial charge in [-0.25, -0.2) is 0 Å². The lowest BCUT2D eigenvalue weighted by Crippen LogP contribution is -2.10. The first kappa shape index (κ1) is 10.5. The number of aryl methyl sites for hydroxylation is 1. The van der Waals surface area contributed by atoms with Crippen LogP contribution in [0.1, 0.15) is 23.5 Å². The van der Waals surface area contributed by atoms with Gasteiger partial charge in [0, 0.05) is 0 Å². The second-order valence-corrected chi connectivity index (χ2v) is 3.33. The van der Waals surface area contributed by atoms with Crippen LogP contribution in [0.4, 0.5) is 0 Å². The molecular formula is C12H14O2. The largest absolute Gasteiger partial charge is 0.481 e. The molecule has 14 heavy (non-hydrogen) atoms. The van der Waals surface area contributed by atoms with Gasteiger partial charge in [0.05, 0.1) is 5.92 Å². The van der Waals surface area contributed by atoms with Crippen LogP contribution in [-0.2, 0) is 4.79 Å². The first-order valence-electron chi connectivity index (χ1n) is 4.55. The maximum absolute atomic E-state index is 10.9. The van der Waals surface area contributed by atoms with Gasteiger partial charge in [0.15, 0.2) is 0 Å². The standard InChI is InChI=1S/C12H14O2/c1-3-4-11(12(13)14)10-7-5-9(2)6-8-10/h3,5-8,11H,1,4H2,2H3,(H,13,14). The summed E-state index contributed by atoms with van der Waals surface area (Å²) in [5.74, 6) is -1.26. The Bertz CT molecular complexity index is 325. The number of hydrogen-bond acceptors (Lipinski definition) is 1. The van der Waals surface area contributed by atoms with Crippen molar-refractivity contribution in [3.8, 4) is 0 Å². The van der Waals surface area contributed by atoms with E-state index in [9.17, 15) is 4.79 Å². The van der Waals surface area contributed by atoms with E-state index in [2.05, 4.69) is 6.58 Å².